The maximum absolute atomic E-state index is 13.5. The number of fused-ring (bicyclic) bond motifs is 1. The second kappa shape index (κ2) is 11.1. The zero-order chi connectivity index (χ0) is 28.6. The van der Waals surface area contributed by atoms with Crippen LogP contribution in [0.15, 0.2) is 71.8 Å². The summed E-state index contributed by atoms with van der Waals surface area (Å²) in [6.45, 7) is 13.5. The molecular weight excluding hydrogens is 522 g/mol. The van der Waals surface area contributed by atoms with E-state index in [9.17, 15) is 4.79 Å². The van der Waals surface area contributed by atoms with E-state index in [1.165, 1.54) is 24.1 Å². The molecule has 2 aliphatic heterocycles. The molecule has 1 aliphatic carbocycles. The summed E-state index contributed by atoms with van der Waals surface area (Å²) in [5, 5.41) is 5.28. The Labute approximate surface area is 247 Å². The molecule has 0 unspecified atom stereocenters. The minimum absolute atomic E-state index is 0.0813. The molecule has 2 aromatic heterocycles. The highest BCUT2D eigenvalue weighted by atomic mass is 16.1. The predicted octanol–water partition coefficient (Wildman–Crippen LogP) is 6.16. The molecule has 42 heavy (non-hydrogen) atoms. The summed E-state index contributed by atoms with van der Waals surface area (Å²) >= 11 is 0. The number of piperidine rings is 1. The average Bonchev–Trinajstić information content (AvgIpc) is 3.88. The highest BCUT2D eigenvalue weighted by molar-refractivity contribution is 5.82. The Morgan fingerprint density at radius 2 is 1.71 bits per heavy atom. The number of aromatic nitrogens is 2. The van der Waals surface area contributed by atoms with Crippen molar-refractivity contribution in [1.29, 1.82) is 0 Å². The molecule has 0 radical (unpaired) electrons. The Bertz CT molecular complexity index is 1690. The van der Waals surface area contributed by atoms with E-state index in [0.717, 1.165) is 74.3 Å². The highest BCUT2D eigenvalue weighted by Crippen LogP contribution is 2.40. The van der Waals surface area contributed by atoms with E-state index in [1.54, 1.807) is 6.20 Å². The van der Waals surface area contributed by atoms with Gasteiger partial charge in [-0.15, -0.1) is 4.98 Å². The Morgan fingerprint density at radius 1 is 0.905 bits per heavy atom. The molecule has 0 bridgehead atoms. The SMILES string of the molecule is [C-]#[N+]c1ncc(N2CCC[C@@H](n3ccc4cc(C5CC5)ccc4c3=O)C2)cc1Nc1ccc(N2CCN(C)CC2)cc1. The van der Waals surface area contributed by atoms with Gasteiger partial charge in [-0.25, -0.2) is 0 Å². The van der Waals surface area contributed by atoms with Crippen molar-refractivity contribution >= 4 is 39.3 Å². The van der Waals surface area contributed by atoms with E-state index in [0.29, 0.717) is 17.4 Å². The van der Waals surface area contributed by atoms with Crippen LogP contribution < -0.4 is 20.7 Å². The van der Waals surface area contributed by atoms with E-state index >= 15 is 0 Å². The molecule has 0 amide bonds. The number of pyridine rings is 2. The summed E-state index contributed by atoms with van der Waals surface area (Å²) in [4.78, 5) is 28.8. The summed E-state index contributed by atoms with van der Waals surface area (Å²) in [5.41, 5.74) is 5.26. The zero-order valence-electron chi connectivity index (χ0n) is 24.2. The van der Waals surface area contributed by atoms with E-state index in [-0.39, 0.29) is 11.6 Å². The second-order valence-corrected chi connectivity index (χ2v) is 12.0. The molecule has 1 N–H and O–H groups in total. The summed E-state index contributed by atoms with van der Waals surface area (Å²) < 4.78 is 1.92. The Hall–Kier alpha value is -4.35. The van der Waals surface area contributed by atoms with Crippen LogP contribution in [0.1, 0.15) is 43.2 Å². The van der Waals surface area contributed by atoms with Gasteiger partial charge in [-0.2, -0.15) is 0 Å². The van der Waals surface area contributed by atoms with E-state index in [4.69, 9.17) is 6.57 Å². The maximum atomic E-state index is 13.5. The molecule has 3 fully saturated rings. The van der Waals surface area contributed by atoms with Gasteiger partial charge in [-0.1, -0.05) is 18.7 Å². The summed E-state index contributed by atoms with van der Waals surface area (Å²) in [6, 6.07) is 19.0. The van der Waals surface area contributed by atoms with Crippen molar-refractivity contribution in [1.82, 2.24) is 14.5 Å². The van der Waals surface area contributed by atoms with Gasteiger partial charge in [0.1, 0.15) is 6.20 Å². The minimum Gasteiger partial charge on any atom is -0.369 e. The molecule has 4 aromatic rings. The van der Waals surface area contributed by atoms with Crippen molar-refractivity contribution in [2.24, 2.45) is 0 Å². The van der Waals surface area contributed by atoms with Crippen LogP contribution in [0.5, 0.6) is 0 Å². The number of rotatable bonds is 6. The van der Waals surface area contributed by atoms with Gasteiger partial charge in [-0.05, 0) is 92.1 Å². The molecule has 2 aromatic carbocycles. The third-order valence-corrected chi connectivity index (χ3v) is 9.13. The summed E-state index contributed by atoms with van der Waals surface area (Å²) in [7, 11) is 2.17. The van der Waals surface area contributed by atoms with Crippen molar-refractivity contribution < 1.29 is 0 Å². The average molecular weight is 560 g/mol. The molecule has 1 atom stereocenters. The van der Waals surface area contributed by atoms with Crippen molar-refractivity contribution in [3.63, 3.8) is 0 Å². The standard InChI is InChI=1S/C34H37N7O/c1-35-33-32(37-27-8-10-28(11-9-27)39-18-16-38(2)17-19-39)21-30(22-36-33)40-14-3-4-29(23-40)41-15-13-26-20-25(24-5-6-24)7-12-31(26)34(41)42/h7-13,15,20-22,24,29,37H,3-6,14,16-19,23H2,2H3/t29-/m1/s1. The topological polar surface area (TPSA) is 61.0 Å². The predicted molar refractivity (Wildman–Crippen MR) is 171 cm³/mol. The fourth-order valence-corrected chi connectivity index (χ4v) is 6.43. The van der Waals surface area contributed by atoms with Crippen LogP contribution in [0, 0.1) is 6.57 Å². The third-order valence-electron chi connectivity index (χ3n) is 9.13. The van der Waals surface area contributed by atoms with Gasteiger partial charge in [-0.3, -0.25) is 4.79 Å². The molecule has 7 rings (SSSR count). The zero-order valence-corrected chi connectivity index (χ0v) is 24.2. The first-order valence-corrected chi connectivity index (χ1v) is 15.1. The molecule has 8 heteroatoms. The van der Waals surface area contributed by atoms with Crippen LogP contribution in [-0.2, 0) is 0 Å². The molecular formula is C34H37N7O. The molecule has 3 aliphatic rings. The third kappa shape index (κ3) is 5.33. The van der Waals surface area contributed by atoms with Gasteiger partial charge in [0.05, 0.1) is 17.4 Å². The smallest absolute Gasteiger partial charge is 0.293 e. The first-order valence-electron chi connectivity index (χ1n) is 15.1. The van der Waals surface area contributed by atoms with Crippen LogP contribution in [0.4, 0.5) is 28.6 Å². The first kappa shape index (κ1) is 26.5. The molecule has 1 saturated carbocycles. The quantitative estimate of drug-likeness (QED) is 0.286. The molecule has 0 spiro atoms. The second-order valence-electron chi connectivity index (χ2n) is 12.0. The molecule has 214 valence electrons. The minimum atomic E-state index is 0.0813. The normalized spacial score (nSPS) is 19.6. The number of anilines is 4. The van der Waals surface area contributed by atoms with Crippen LogP contribution in [-0.4, -0.2) is 60.8 Å². The van der Waals surface area contributed by atoms with E-state index < -0.39 is 0 Å². The Balaban J connectivity index is 1.09. The van der Waals surface area contributed by atoms with E-state index in [2.05, 4.69) is 79.4 Å². The summed E-state index contributed by atoms with van der Waals surface area (Å²) in [6.07, 6.45) is 8.23. The van der Waals surface area contributed by atoms with Crippen LogP contribution in [0.2, 0.25) is 0 Å². The van der Waals surface area contributed by atoms with Crippen molar-refractivity contribution in [3.05, 3.63) is 94.3 Å². The highest BCUT2D eigenvalue weighted by Gasteiger charge is 2.26. The van der Waals surface area contributed by atoms with Crippen LogP contribution in [0.25, 0.3) is 15.6 Å². The lowest BCUT2D eigenvalue weighted by Crippen LogP contribution is -2.44. The van der Waals surface area contributed by atoms with Crippen LogP contribution in [0.3, 0.4) is 0 Å². The lowest BCUT2D eigenvalue weighted by molar-refractivity contribution is 0.313. The maximum Gasteiger partial charge on any atom is 0.293 e. The fourth-order valence-electron chi connectivity index (χ4n) is 6.43. The number of nitrogens with one attached hydrogen (secondary N) is 1. The van der Waals surface area contributed by atoms with Crippen molar-refractivity contribution in [3.8, 4) is 0 Å². The molecule has 8 nitrogen and oxygen atoms in total. The lowest BCUT2D eigenvalue weighted by atomic mass is 10.0. The largest absolute Gasteiger partial charge is 0.369 e. The van der Waals surface area contributed by atoms with Gasteiger partial charge >= 0.3 is 0 Å². The number of hydrogen-bond acceptors (Lipinski definition) is 6. The first-order chi connectivity index (χ1) is 20.6. The monoisotopic (exact) mass is 559 g/mol. The number of piperazine rings is 1. The number of hydrogen-bond donors (Lipinski definition) is 1. The number of benzene rings is 2. The fraction of sp³-hybridized carbons (Fsp3) is 0.382. The van der Waals surface area contributed by atoms with Gasteiger partial charge < -0.3 is 29.4 Å². The van der Waals surface area contributed by atoms with Gasteiger partial charge in [0.25, 0.3) is 11.4 Å². The van der Waals surface area contributed by atoms with Gasteiger partial charge in [0, 0.05) is 62.2 Å². The van der Waals surface area contributed by atoms with Crippen molar-refractivity contribution in [2.75, 3.05) is 61.4 Å². The lowest BCUT2D eigenvalue weighted by Gasteiger charge is -2.35. The van der Waals surface area contributed by atoms with Gasteiger partial charge in [0.15, 0.2) is 0 Å². The van der Waals surface area contributed by atoms with Crippen LogP contribution >= 0.6 is 0 Å². The Morgan fingerprint density at radius 3 is 2.48 bits per heavy atom. The molecule has 4 heterocycles. The van der Waals surface area contributed by atoms with Gasteiger partial charge in [0.2, 0.25) is 0 Å². The van der Waals surface area contributed by atoms with Crippen molar-refractivity contribution in [2.45, 2.75) is 37.6 Å². The number of nitrogens with zero attached hydrogens (tertiary/aromatic N) is 6. The van der Waals surface area contributed by atoms with E-state index in [1.807, 2.05) is 22.9 Å². The Kier molecular flexibility index (Phi) is 7.04. The summed E-state index contributed by atoms with van der Waals surface area (Å²) in [5.74, 6) is 1.03. The number of likely N-dealkylation sites (N-methyl/N-ethyl adjacent to an activating group) is 1. The molecule has 2 saturated heterocycles.